The number of aryl methyl sites for hydroxylation is 1. The number of likely N-dealkylation sites (tertiary alicyclic amines) is 1. The highest BCUT2D eigenvalue weighted by molar-refractivity contribution is 5.96. The molecular weight excluding hydrogens is 290 g/mol. The first-order valence-electron chi connectivity index (χ1n) is 8.33. The Labute approximate surface area is 137 Å². The van der Waals surface area contributed by atoms with E-state index in [0.29, 0.717) is 11.6 Å². The number of imidazole rings is 1. The summed E-state index contributed by atoms with van der Waals surface area (Å²) >= 11 is 0. The molecule has 2 aromatic heterocycles. The Balaban J connectivity index is 1.61. The summed E-state index contributed by atoms with van der Waals surface area (Å²) in [6.45, 7) is 5.40. The molecule has 0 aliphatic carbocycles. The number of pyridine rings is 1. The molecule has 6 nitrogen and oxygen atoms in total. The van der Waals surface area contributed by atoms with Crippen LogP contribution in [-0.2, 0) is 7.05 Å². The van der Waals surface area contributed by atoms with E-state index in [1.54, 1.807) is 17.4 Å². The van der Waals surface area contributed by atoms with Gasteiger partial charge in [0.05, 0.1) is 11.9 Å². The highest BCUT2D eigenvalue weighted by atomic mass is 16.2. The molecule has 2 aromatic rings. The largest absolute Gasteiger partial charge is 0.342 e. The first-order valence-corrected chi connectivity index (χ1v) is 8.33. The summed E-state index contributed by atoms with van der Waals surface area (Å²) in [6, 6.07) is 2.36. The fourth-order valence-corrected chi connectivity index (χ4v) is 3.20. The molecule has 0 aromatic carbocycles. The van der Waals surface area contributed by atoms with Crippen molar-refractivity contribution in [3.63, 3.8) is 0 Å². The third kappa shape index (κ3) is 3.37. The summed E-state index contributed by atoms with van der Waals surface area (Å²) < 4.78 is 1.85. The van der Waals surface area contributed by atoms with Gasteiger partial charge in [-0.3, -0.25) is 4.79 Å². The number of carbonyl (C=O) groups is 1. The second-order valence-corrected chi connectivity index (χ2v) is 6.53. The Morgan fingerprint density at radius 2 is 2.09 bits per heavy atom. The number of hydrogen-bond acceptors (Lipinski definition) is 4. The number of fused-ring (bicyclic) bond motifs is 1. The fourth-order valence-electron chi connectivity index (χ4n) is 3.20. The number of aromatic nitrogens is 3. The van der Waals surface area contributed by atoms with E-state index in [4.69, 9.17) is 0 Å². The van der Waals surface area contributed by atoms with E-state index < -0.39 is 0 Å². The van der Waals surface area contributed by atoms with Crippen LogP contribution in [0.25, 0.3) is 11.2 Å². The Hall–Kier alpha value is -1.95. The molecule has 0 bridgehead atoms. The van der Waals surface area contributed by atoms with E-state index >= 15 is 0 Å². The molecule has 124 valence electrons. The lowest BCUT2D eigenvalue weighted by atomic mass is 10.2. The van der Waals surface area contributed by atoms with Gasteiger partial charge >= 0.3 is 0 Å². The molecule has 1 amide bonds. The molecule has 0 spiro atoms. The maximum Gasteiger partial charge on any atom is 0.255 e. The number of amides is 1. The van der Waals surface area contributed by atoms with Gasteiger partial charge in [-0.2, -0.15) is 0 Å². The van der Waals surface area contributed by atoms with E-state index in [-0.39, 0.29) is 5.91 Å². The van der Waals surface area contributed by atoms with Crippen LogP contribution in [0.2, 0.25) is 0 Å². The Bertz CT molecular complexity index is 689. The van der Waals surface area contributed by atoms with Crippen molar-refractivity contribution >= 4 is 17.1 Å². The third-order valence-electron chi connectivity index (χ3n) is 4.79. The average Bonchev–Trinajstić information content (AvgIpc) is 3.21. The molecule has 0 saturated carbocycles. The molecule has 3 rings (SSSR count). The zero-order valence-electron chi connectivity index (χ0n) is 14.2. The van der Waals surface area contributed by atoms with Crippen molar-refractivity contribution in [1.82, 2.24) is 24.3 Å². The molecular formula is C17H25N5O. The van der Waals surface area contributed by atoms with Gasteiger partial charge in [0, 0.05) is 32.9 Å². The predicted molar refractivity (Wildman–Crippen MR) is 90.4 cm³/mol. The Kier molecular flexibility index (Phi) is 4.61. The smallest absolute Gasteiger partial charge is 0.255 e. The monoisotopic (exact) mass is 315 g/mol. The lowest BCUT2D eigenvalue weighted by molar-refractivity contribution is 0.0781. The standard InChI is InChI=1S/C17H25N5O/c1-13(22-7-4-5-8-22)6-9-20(2)17(23)14-10-15-16(18-11-14)21(3)12-19-15/h10-13H,4-9H2,1-3H3. The molecule has 1 aliphatic rings. The lowest BCUT2D eigenvalue weighted by Crippen LogP contribution is -2.35. The van der Waals surface area contributed by atoms with Crippen molar-refractivity contribution in [3.05, 3.63) is 24.2 Å². The van der Waals surface area contributed by atoms with E-state index in [0.717, 1.165) is 24.1 Å². The zero-order valence-corrected chi connectivity index (χ0v) is 14.2. The molecule has 1 fully saturated rings. The highest BCUT2D eigenvalue weighted by Crippen LogP contribution is 2.15. The minimum atomic E-state index is 0.0127. The van der Waals surface area contributed by atoms with E-state index in [1.165, 1.54) is 25.9 Å². The van der Waals surface area contributed by atoms with Gasteiger partial charge in [0.1, 0.15) is 5.52 Å². The van der Waals surface area contributed by atoms with E-state index in [2.05, 4.69) is 21.8 Å². The van der Waals surface area contributed by atoms with Gasteiger partial charge in [-0.25, -0.2) is 9.97 Å². The van der Waals surface area contributed by atoms with Crippen LogP contribution in [0.5, 0.6) is 0 Å². The number of hydrogen-bond donors (Lipinski definition) is 0. The van der Waals surface area contributed by atoms with Crippen LogP contribution in [0.3, 0.4) is 0 Å². The Morgan fingerprint density at radius 1 is 1.35 bits per heavy atom. The Morgan fingerprint density at radius 3 is 2.83 bits per heavy atom. The molecule has 1 aliphatic heterocycles. The normalized spacial score (nSPS) is 16.8. The van der Waals surface area contributed by atoms with Crippen molar-refractivity contribution in [2.75, 3.05) is 26.7 Å². The van der Waals surface area contributed by atoms with E-state index in [9.17, 15) is 4.79 Å². The molecule has 3 heterocycles. The summed E-state index contributed by atoms with van der Waals surface area (Å²) in [7, 11) is 3.76. The van der Waals surface area contributed by atoms with Crippen molar-refractivity contribution in [3.8, 4) is 0 Å². The fraction of sp³-hybridized carbons (Fsp3) is 0.588. The van der Waals surface area contributed by atoms with Gasteiger partial charge < -0.3 is 14.4 Å². The maximum absolute atomic E-state index is 12.6. The van der Waals surface area contributed by atoms with Crippen LogP contribution < -0.4 is 0 Å². The summed E-state index contributed by atoms with van der Waals surface area (Å²) in [4.78, 5) is 25.5. The first-order chi connectivity index (χ1) is 11.1. The zero-order chi connectivity index (χ0) is 16.4. The number of rotatable bonds is 5. The second-order valence-electron chi connectivity index (χ2n) is 6.53. The molecule has 23 heavy (non-hydrogen) atoms. The molecule has 0 radical (unpaired) electrons. The maximum atomic E-state index is 12.6. The van der Waals surface area contributed by atoms with E-state index in [1.807, 2.05) is 24.7 Å². The number of carbonyl (C=O) groups excluding carboxylic acids is 1. The van der Waals surface area contributed by atoms with Crippen LogP contribution in [0.15, 0.2) is 18.6 Å². The van der Waals surface area contributed by atoms with Gasteiger partial charge in [-0.1, -0.05) is 0 Å². The summed E-state index contributed by atoms with van der Waals surface area (Å²) in [5.74, 6) is 0.0127. The average molecular weight is 315 g/mol. The molecule has 0 N–H and O–H groups in total. The second kappa shape index (κ2) is 6.66. The van der Waals surface area contributed by atoms with Gasteiger partial charge in [0.25, 0.3) is 5.91 Å². The third-order valence-corrected chi connectivity index (χ3v) is 4.79. The van der Waals surface area contributed by atoms with Crippen molar-refractivity contribution in [2.24, 2.45) is 7.05 Å². The predicted octanol–water partition coefficient (Wildman–Crippen LogP) is 1.91. The van der Waals surface area contributed by atoms with Crippen LogP contribution >= 0.6 is 0 Å². The highest BCUT2D eigenvalue weighted by Gasteiger charge is 2.20. The topological polar surface area (TPSA) is 54.3 Å². The quantitative estimate of drug-likeness (QED) is 0.846. The summed E-state index contributed by atoms with van der Waals surface area (Å²) in [5, 5.41) is 0. The van der Waals surface area contributed by atoms with Gasteiger partial charge in [-0.15, -0.1) is 0 Å². The SMILES string of the molecule is CC(CCN(C)C(=O)c1cnc2c(c1)ncn2C)N1CCCC1. The first kappa shape index (κ1) is 15.9. The van der Waals surface area contributed by atoms with Crippen molar-refractivity contribution in [2.45, 2.75) is 32.2 Å². The summed E-state index contributed by atoms with van der Waals surface area (Å²) in [6.07, 6.45) is 6.96. The number of nitrogens with zero attached hydrogens (tertiary/aromatic N) is 5. The minimum Gasteiger partial charge on any atom is -0.342 e. The minimum absolute atomic E-state index is 0.0127. The molecule has 1 unspecified atom stereocenters. The lowest BCUT2D eigenvalue weighted by Gasteiger charge is -2.26. The van der Waals surface area contributed by atoms with Crippen LogP contribution in [-0.4, -0.2) is 63.0 Å². The van der Waals surface area contributed by atoms with Crippen LogP contribution in [0, 0.1) is 0 Å². The molecule has 1 atom stereocenters. The van der Waals surface area contributed by atoms with Crippen molar-refractivity contribution in [1.29, 1.82) is 0 Å². The van der Waals surface area contributed by atoms with Gasteiger partial charge in [0.15, 0.2) is 5.65 Å². The molecule has 1 saturated heterocycles. The summed E-state index contributed by atoms with van der Waals surface area (Å²) in [5.41, 5.74) is 2.16. The van der Waals surface area contributed by atoms with Gasteiger partial charge in [-0.05, 0) is 45.3 Å². The molecule has 6 heteroatoms. The van der Waals surface area contributed by atoms with Crippen molar-refractivity contribution < 1.29 is 4.79 Å². The van der Waals surface area contributed by atoms with Crippen LogP contribution in [0.1, 0.15) is 36.5 Å². The van der Waals surface area contributed by atoms with Crippen LogP contribution in [0.4, 0.5) is 0 Å². The van der Waals surface area contributed by atoms with Gasteiger partial charge in [0.2, 0.25) is 0 Å².